The molecule has 0 unspecified atom stereocenters. The molecule has 0 spiro atoms. The quantitative estimate of drug-likeness (QED) is 0.873. The van der Waals surface area contributed by atoms with Crippen LogP contribution in [0.2, 0.25) is 5.02 Å². The summed E-state index contributed by atoms with van der Waals surface area (Å²) >= 11 is 5.83. The van der Waals surface area contributed by atoms with Gasteiger partial charge in [0, 0.05) is 36.8 Å². The van der Waals surface area contributed by atoms with Crippen LogP contribution >= 0.6 is 11.6 Å². The molecule has 0 aliphatic carbocycles. The number of rotatable bonds is 2. The summed E-state index contributed by atoms with van der Waals surface area (Å²) in [5.41, 5.74) is -0.258. The van der Waals surface area contributed by atoms with Crippen LogP contribution in [0, 0.1) is 11.3 Å². The maximum absolute atomic E-state index is 11.9. The summed E-state index contributed by atoms with van der Waals surface area (Å²) in [4.78, 5) is 11.9. The molecular formula is C13H14ClN3O2. The molecule has 1 saturated heterocycles. The molecule has 1 aliphatic heterocycles. The minimum absolute atomic E-state index is 0.411. The van der Waals surface area contributed by atoms with Crippen LogP contribution in [-0.4, -0.2) is 24.8 Å². The third kappa shape index (κ3) is 3.60. The third-order valence-corrected chi connectivity index (χ3v) is 3.23. The number of halogens is 1. The monoisotopic (exact) mass is 279 g/mol. The lowest BCUT2D eigenvalue weighted by atomic mass is 9.92. The highest BCUT2D eigenvalue weighted by Gasteiger charge is 2.34. The number of nitrogens with one attached hydrogen (secondary N) is 2. The average Bonchev–Trinajstić information content (AvgIpc) is 2.39. The predicted octanol–water partition coefficient (Wildman–Crippen LogP) is 2.53. The molecule has 6 heteroatoms. The molecule has 0 atom stereocenters. The van der Waals surface area contributed by atoms with E-state index in [1.54, 1.807) is 24.3 Å². The number of carbonyl (C=O) groups excluding carboxylic acids is 1. The minimum Gasteiger partial charge on any atom is -0.381 e. The lowest BCUT2D eigenvalue weighted by molar-refractivity contribution is 0.0618. The van der Waals surface area contributed by atoms with Gasteiger partial charge in [0.25, 0.3) is 0 Å². The van der Waals surface area contributed by atoms with Crippen molar-refractivity contribution in [1.82, 2.24) is 5.32 Å². The number of ether oxygens (including phenoxy) is 1. The van der Waals surface area contributed by atoms with E-state index in [4.69, 9.17) is 16.3 Å². The minimum atomic E-state index is -0.846. The van der Waals surface area contributed by atoms with Gasteiger partial charge in [-0.15, -0.1) is 0 Å². The smallest absolute Gasteiger partial charge is 0.320 e. The molecule has 0 radical (unpaired) electrons. The summed E-state index contributed by atoms with van der Waals surface area (Å²) in [6.45, 7) is 0.954. The van der Waals surface area contributed by atoms with Crippen LogP contribution in [0.25, 0.3) is 0 Å². The van der Waals surface area contributed by atoms with Gasteiger partial charge in [0.15, 0.2) is 0 Å². The summed E-state index contributed by atoms with van der Waals surface area (Å²) in [7, 11) is 0. The van der Waals surface area contributed by atoms with Gasteiger partial charge >= 0.3 is 6.03 Å². The molecule has 0 bridgehead atoms. The molecule has 2 N–H and O–H groups in total. The molecule has 0 saturated carbocycles. The highest BCUT2D eigenvalue weighted by molar-refractivity contribution is 6.30. The number of anilines is 1. The molecule has 1 heterocycles. The topological polar surface area (TPSA) is 74.2 Å². The van der Waals surface area contributed by atoms with E-state index < -0.39 is 11.6 Å². The number of urea groups is 1. The lowest BCUT2D eigenvalue weighted by Crippen LogP contribution is -2.52. The Bertz CT molecular complexity index is 507. The highest BCUT2D eigenvalue weighted by Crippen LogP contribution is 2.20. The standard InChI is InChI=1S/C13H14ClN3O2/c14-10-2-1-3-11(8-10)16-12(18)17-13(9-15)4-6-19-7-5-13/h1-3,8H,4-7H2,(H2,16,17,18). The largest absolute Gasteiger partial charge is 0.381 e. The number of nitrogens with zero attached hydrogens (tertiary/aromatic N) is 1. The number of amides is 2. The van der Waals surface area contributed by atoms with E-state index in [-0.39, 0.29) is 0 Å². The summed E-state index contributed by atoms with van der Waals surface area (Å²) in [5.74, 6) is 0. The molecule has 1 aliphatic rings. The SMILES string of the molecule is N#CC1(NC(=O)Nc2cccc(Cl)c2)CCOCC1. The van der Waals surface area contributed by atoms with Crippen LogP contribution in [0.4, 0.5) is 10.5 Å². The number of hydrogen-bond donors (Lipinski definition) is 2. The van der Waals surface area contributed by atoms with E-state index in [0.29, 0.717) is 36.8 Å². The van der Waals surface area contributed by atoms with Crippen LogP contribution in [-0.2, 0) is 4.74 Å². The Balaban J connectivity index is 1.99. The number of benzene rings is 1. The van der Waals surface area contributed by atoms with E-state index in [2.05, 4.69) is 16.7 Å². The van der Waals surface area contributed by atoms with Gasteiger partial charge in [-0.25, -0.2) is 4.79 Å². The molecule has 5 nitrogen and oxygen atoms in total. The maximum atomic E-state index is 11.9. The molecule has 100 valence electrons. The Morgan fingerprint density at radius 3 is 2.79 bits per heavy atom. The molecule has 1 fully saturated rings. The Hall–Kier alpha value is -1.77. The fourth-order valence-corrected chi connectivity index (χ4v) is 2.12. The third-order valence-electron chi connectivity index (χ3n) is 3.00. The first-order valence-electron chi connectivity index (χ1n) is 5.97. The fourth-order valence-electron chi connectivity index (χ4n) is 1.93. The zero-order chi connectivity index (χ0) is 13.7. The van der Waals surface area contributed by atoms with Gasteiger partial charge in [0.2, 0.25) is 0 Å². The average molecular weight is 280 g/mol. The van der Waals surface area contributed by atoms with Crippen LogP contribution in [0.15, 0.2) is 24.3 Å². The van der Waals surface area contributed by atoms with Crippen molar-refractivity contribution in [3.8, 4) is 6.07 Å². The first-order valence-corrected chi connectivity index (χ1v) is 6.35. The van der Waals surface area contributed by atoms with Gasteiger partial charge in [0.05, 0.1) is 6.07 Å². The highest BCUT2D eigenvalue weighted by atomic mass is 35.5. The van der Waals surface area contributed by atoms with Gasteiger partial charge in [0.1, 0.15) is 5.54 Å². The van der Waals surface area contributed by atoms with Gasteiger partial charge in [-0.2, -0.15) is 5.26 Å². The van der Waals surface area contributed by atoms with Gasteiger partial charge in [-0.1, -0.05) is 17.7 Å². The van der Waals surface area contributed by atoms with Crippen LogP contribution in [0.3, 0.4) is 0 Å². The fraction of sp³-hybridized carbons (Fsp3) is 0.385. The van der Waals surface area contributed by atoms with Crippen LogP contribution < -0.4 is 10.6 Å². The first kappa shape index (κ1) is 13.7. The van der Waals surface area contributed by atoms with Crippen molar-refractivity contribution < 1.29 is 9.53 Å². The van der Waals surface area contributed by atoms with Crippen molar-refractivity contribution >= 4 is 23.3 Å². The number of carbonyl (C=O) groups is 1. The van der Waals surface area contributed by atoms with Crippen LogP contribution in [0.5, 0.6) is 0 Å². The summed E-state index contributed by atoms with van der Waals surface area (Å²) in [6, 6.07) is 8.59. The molecular weight excluding hydrogens is 266 g/mol. The van der Waals surface area contributed by atoms with Gasteiger partial charge in [-0.3, -0.25) is 0 Å². The molecule has 0 aromatic heterocycles. The molecule has 2 rings (SSSR count). The van der Waals surface area contributed by atoms with Crippen molar-refractivity contribution in [3.05, 3.63) is 29.3 Å². The van der Waals surface area contributed by atoms with Crippen molar-refractivity contribution in [3.63, 3.8) is 0 Å². The second-order valence-electron chi connectivity index (χ2n) is 4.40. The van der Waals surface area contributed by atoms with Gasteiger partial charge < -0.3 is 15.4 Å². The zero-order valence-corrected chi connectivity index (χ0v) is 11.0. The van der Waals surface area contributed by atoms with Crippen molar-refractivity contribution in [2.24, 2.45) is 0 Å². The zero-order valence-electron chi connectivity index (χ0n) is 10.3. The molecule has 1 aromatic rings. The lowest BCUT2D eigenvalue weighted by Gasteiger charge is -2.31. The van der Waals surface area contributed by atoms with E-state index in [1.807, 2.05) is 0 Å². The normalized spacial score (nSPS) is 17.3. The number of hydrogen-bond acceptors (Lipinski definition) is 3. The maximum Gasteiger partial charge on any atom is 0.320 e. The van der Waals surface area contributed by atoms with Crippen LogP contribution in [0.1, 0.15) is 12.8 Å². The summed E-state index contributed by atoms with van der Waals surface area (Å²) < 4.78 is 5.20. The second-order valence-corrected chi connectivity index (χ2v) is 4.83. The Morgan fingerprint density at radius 1 is 1.42 bits per heavy atom. The van der Waals surface area contributed by atoms with Gasteiger partial charge in [-0.05, 0) is 18.2 Å². The molecule has 1 aromatic carbocycles. The summed E-state index contributed by atoms with van der Waals surface area (Å²) in [5, 5.41) is 15.2. The second kappa shape index (κ2) is 5.91. The van der Waals surface area contributed by atoms with E-state index >= 15 is 0 Å². The molecule has 2 amide bonds. The summed E-state index contributed by atoms with van der Waals surface area (Å²) in [6.07, 6.45) is 0.985. The Labute approximate surface area is 116 Å². The van der Waals surface area contributed by atoms with E-state index in [0.717, 1.165) is 0 Å². The van der Waals surface area contributed by atoms with Crippen molar-refractivity contribution in [1.29, 1.82) is 5.26 Å². The van der Waals surface area contributed by atoms with Crippen molar-refractivity contribution in [2.75, 3.05) is 18.5 Å². The Kier molecular flexibility index (Phi) is 4.25. The number of nitriles is 1. The predicted molar refractivity (Wildman–Crippen MR) is 72.0 cm³/mol. The molecule has 19 heavy (non-hydrogen) atoms. The first-order chi connectivity index (χ1) is 9.13. The van der Waals surface area contributed by atoms with E-state index in [9.17, 15) is 10.1 Å². The Morgan fingerprint density at radius 2 is 2.16 bits per heavy atom. The van der Waals surface area contributed by atoms with E-state index in [1.165, 1.54) is 0 Å². The van der Waals surface area contributed by atoms with Crippen molar-refractivity contribution in [2.45, 2.75) is 18.4 Å².